The Labute approximate surface area is 84.0 Å². The summed E-state index contributed by atoms with van der Waals surface area (Å²) in [5.74, 6) is 1.65. The SMILES string of the molecule is CC.OC1CCC2CN(P)CC2C1. The van der Waals surface area contributed by atoms with Gasteiger partial charge in [0.15, 0.2) is 0 Å². The number of rotatable bonds is 0. The zero-order valence-electron chi connectivity index (χ0n) is 8.74. The molecule has 0 bridgehead atoms. The Morgan fingerprint density at radius 2 is 1.77 bits per heavy atom. The maximum atomic E-state index is 9.42. The third kappa shape index (κ3) is 2.90. The lowest BCUT2D eigenvalue weighted by Gasteiger charge is -2.27. The van der Waals surface area contributed by atoms with Crippen LogP contribution < -0.4 is 0 Å². The first-order chi connectivity index (χ1) is 6.25. The van der Waals surface area contributed by atoms with E-state index in [2.05, 4.69) is 14.1 Å². The number of fused-ring (bicyclic) bond motifs is 1. The molecule has 0 aromatic rings. The summed E-state index contributed by atoms with van der Waals surface area (Å²) in [7, 11) is 2.77. The Balaban J connectivity index is 0.000000396. The van der Waals surface area contributed by atoms with Gasteiger partial charge in [-0.15, -0.1) is 0 Å². The van der Waals surface area contributed by atoms with Gasteiger partial charge in [-0.3, -0.25) is 4.67 Å². The number of nitrogens with zero attached hydrogens (tertiary/aromatic N) is 1. The van der Waals surface area contributed by atoms with E-state index in [0.29, 0.717) is 0 Å². The van der Waals surface area contributed by atoms with Crippen LogP contribution in [0.4, 0.5) is 0 Å². The van der Waals surface area contributed by atoms with E-state index in [0.717, 1.165) is 24.7 Å². The van der Waals surface area contributed by atoms with E-state index in [-0.39, 0.29) is 6.10 Å². The lowest BCUT2D eigenvalue weighted by Crippen LogP contribution is -2.26. The Bertz CT molecular complexity index is 154. The second kappa shape index (κ2) is 5.29. The summed E-state index contributed by atoms with van der Waals surface area (Å²) < 4.78 is 2.31. The minimum Gasteiger partial charge on any atom is -0.393 e. The summed E-state index contributed by atoms with van der Waals surface area (Å²) in [6, 6.07) is 0. The fraction of sp³-hybridized carbons (Fsp3) is 1.00. The molecule has 0 aromatic carbocycles. The highest BCUT2D eigenvalue weighted by Gasteiger charge is 2.35. The molecule has 13 heavy (non-hydrogen) atoms. The summed E-state index contributed by atoms with van der Waals surface area (Å²) in [6.07, 6.45) is 3.29. The average Bonchev–Trinajstić information content (AvgIpc) is 2.48. The molecule has 1 aliphatic heterocycles. The van der Waals surface area contributed by atoms with Crippen molar-refractivity contribution in [2.24, 2.45) is 11.8 Å². The molecule has 78 valence electrons. The van der Waals surface area contributed by atoms with Gasteiger partial charge in [-0.2, -0.15) is 0 Å². The second-order valence-electron chi connectivity index (χ2n) is 3.94. The minimum atomic E-state index is -0.00671. The van der Waals surface area contributed by atoms with Gasteiger partial charge in [-0.25, -0.2) is 0 Å². The van der Waals surface area contributed by atoms with E-state index in [9.17, 15) is 5.11 Å². The smallest absolute Gasteiger partial charge is 0.0543 e. The molecule has 3 heteroatoms. The van der Waals surface area contributed by atoms with Crippen molar-refractivity contribution < 1.29 is 5.11 Å². The van der Waals surface area contributed by atoms with Crippen LogP contribution in [0.3, 0.4) is 0 Å². The molecule has 4 unspecified atom stereocenters. The molecular weight excluding hydrogens is 181 g/mol. The fourth-order valence-electron chi connectivity index (χ4n) is 2.44. The number of aliphatic hydroxyl groups excluding tert-OH is 1. The predicted molar refractivity (Wildman–Crippen MR) is 59.5 cm³/mol. The molecule has 2 fully saturated rings. The third-order valence-corrected chi connectivity index (χ3v) is 3.47. The molecule has 2 aliphatic rings. The van der Waals surface area contributed by atoms with Crippen LogP contribution in [0.5, 0.6) is 0 Å². The van der Waals surface area contributed by atoms with Crippen molar-refractivity contribution in [1.29, 1.82) is 0 Å². The van der Waals surface area contributed by atoms with E-state index < -0.39 is 0 Å². The topological polar surface area (TPSA) is 23.5 Å². The Hall–Kier alpha value is 0.350. The number of aliphatic hydroxyl groups is 1. The first kappa shape index (κ1) is 11.4. The van der Waals surface area contributed by atoms with Crippen LogP contribution in [0.25, 0.3) is 0 Å². The van der Waals surface area contributed by atoms with Crippen molar-refractivity contribution in [2.75, 3.05) is 13.1 Å². The van der Waals surface area contributed by atoms with Gasteiger partial charge in [-0.05, 0) is 31.1 Å². The van der Waals surface area contributed by atoms with Crippen LogP contribution >= 0.6 is 9.39 Å². The summed E-state index contributed by atoms with van der Waals surface area (Å²) in [5, 5.41) is 9.42. The van der Waals surface area contributed by atoms with Gasteiger partial charge in [0, 0.05) is 13.1 Å². The molecule has 0 aromatic heterocycles. The van der Waals surface area contributed by atoms with Crippen molar-refractivity contribution in [3.05, 3.63) is 0 Å². The molecule has 1 saturated heterocycles. The lowest BCUT2D eigenvalue weighted by molar-refractivity contribution is 0.0867. The first-order valence-electron chi connectivity index (χ1n) is 5.43. The van der Waals surface area contributed by atoms with E-state index >= 15 is 0 Å². The summed E-state index contributed by atoms with van der Waals surface area (Å²) in [4.78, 5) is 0. The summed E-state index contributed by atoms with van der Waals surface area (Å²) >= 11 is 0. The second-order valence-corrected chi connectivity index (χ2v) is 4.67. The zero-order valence-corrected chi connectivity index (χ0v) is 9.89. The standard InChI is InChI=1S/C8H16NOP.C2H6/c10-8-2-1-6-4-9(11)5-7(6)3-8;1-2/h6-8,10H,1-5,11H2;1-2H3. The van der Waals surface area contributed by atoms with Gasteiger partial charge < -0.3 is 5.11 Å². The van der Waals surface area contributed by atoms with E-state index in [4.69, 9.17) is 0 Å². The third-order valence-electron chi connectivity index (χ3n) is 3.05. The predicted octanol–water partition coefficient (Wildman–Crippen LogP) is 1.90. The van der Waals surface area contributed by atoms with Gasteiger partial charge in [0.25, 0.3) is 0 Å². The lowest BCUT2D eigenvalue weighted by atomic mass is 9.80. The number of hydrogen-bond acceptors (Lipinski definition) is 2. The van der Waals surface area contributed by atoms with Crippen molar-refractivity contribution >= 4 is 9.39 Å². The van der Waals surface area contributed by atoms with E-state index in [1.54, 1.807) is 0 Å². The highest BCUT2D eigenvalue weighted by Crippen LogP contribution is 2.37. The van der Waals surface area contributed by atoms with Gasteiger partial charge in [0.1, 0.15) is 0 Å². The molecule has 4 atom stereocenters. The van der Waals surface area contributed by atoms with Crippen molar-refractivity contribution in [3.8, 4) is 0 Å². The quantitative estimate of drug-likeness (QED) is 0.608. The molecule has 1 N–H and O–H groups in total. The van der Waals surface area contributed by atoms with Crippen LogP contribution in [-0.2, 0) is 0 Å². The highest BCUT2D eigenvalue weighted by molar-refractivity contribution is 7.13. The van der Waals surface area contributed by atoms with Gasteiger partial charge >= 0.3 is 0 Å². The van der Waals surface area contributed by atoms with Crippen molar-refractivity contribution in [3.63, 3.8) is 0 Å². The Morgan fingerprint density at radius 3 is 2.46 bits per heavy atom. The molecule has 1 aliphatic carbocycles. The highest BCUT2D eigenvalue weighted by atomic mass is 31.0. The largest absolute Gasteiger partial charge is 0.393 e. The normalized spacial score (nSPS) is 39.2. The molecule has 1 heterocycles. The van der Waals surface area contributed by atoms with Crippen LogP contribution in [0.1, 0.15) is 33.1 Å². The molecule has 2 nitrogen and oxygen atoms in total. The summed E-state index contributed by atoms with van der Waals surface area (Å²) in [5.41, 5.74) is 0. The molecular formula is C10H22NOP. The molecule has 0 spiro atoms. The summed E-state index contributed by atoms with van der Waals surface area (Å²) in [6.45, 7) is 6.40. The van der Waals surface area contributed by atoms with Gasteiger partial charge in [0.05, 0.1) is 6.10 Å². The van der Waals surface area contributed by atoms with Crippen LogP contribution in [0.15, 0.2) is 0 Å². The average molecular weight is 203 g/mol. The molecule has 2 rings (SSSR count). The maximum absolute atomic E-state index is 9.42. The monoisotopic (exact) mass is 203 g/mol. The van der Waals surface area contributed by atoms with Gasteiger partial charge in [-0.1, -0.05) is 23.2 Å². The van der Waals surface area contributed by atoms with Crippen LogP contribution in [0.2, 0.25) is 0 Å². The van der Waals surface area contributed by atoms with Crippen molar-refractivity contribution in [2.45, 2.75) is 39.2 Å². The number of hydrogen-bond donors (Lipinski definition) is 1. The van der Waals surface area contributed by atoms with Gasteiger partial charge in [0.2, 0.25) is 0 Å². The fourth-order valence-corrected chi connectivity index (χ4v) is 2.98. The zero-order chi connectivity index (χ0) is 9.84. The van der Waals surface area contributed by atoms with Crippen LogP contribution in [0, 0.1) is 11.8 Å². The molecule has 0 amide bonds. The maximum Gasteiger partial charge on any atom is 0.0543 e. The molecule has 0 radical (unpaired) electrons. The van der Waals surface area contributed by atoms with Crippen LogP contribution in [-0.4, -0.2) is 29.0 Å². The van der Waals surface area contributed by atoms with E-state index in [1.807, 2.05) is 13.8 Å². The Morgan fingerprint density at radius 1 is 1.15 bits per heavy atom. The minimum absolute atomic E-state index is 0.00671. The van der Waals surface area contributed by atoms with Crippen molar-refractivity contribution in [1.82, 2.24) is 4.67 Å². The first-order valence-corrected chi connectivity index (χ1v) is 5.95. The molecule has 1 saturated carbocycles. The van der Waals surface area contributed by atoms with E-state index in [1.165, 1.54) is 19.5 Å². The Kier molecular flexibility index (Phi) is 4.64.